The highest BCUT2D eigenvalue weighted by Gasteiger charge is 1.81. The number of aromatic nitrogens is 2. The maximum atomic E-state index is 3.93. The predicted molar refractivity (Wildman–Crippen MR) is 59.7 cm³/mol. The van der Waals surface area contributed by atoms with Gasteiger partial charge in [0.2, 0.25) is 0 Å². The summed E-state index contributed by atoms with van der Waals surface area (Å²) in [4.78, 5) is 7.85. The third-order valence-electron chi connectivity index (χ3n) is 1.84. The van der Waals surface area contributed by atoms with Crippen LogP contribution in [0, 0.1) is 0 Å². The third-order valence-corrected chi connectivity index (χ3v) is 1.84. The van der Waals surface area contributed by atoms with Crippen LogP contribution in [0.4, 0.5) is 0 Å². The molecule has 1 aromatic rings. The van der Waals surface area contributed by atoms with Crippen LogP contribution >= 0.6 is 0 Å². The summed E-state index contributed by atoms with van der Waals surface area (Å²) in [5, 5.41) is 0. The van der Waals surface area contributed by atoms with Gasteiger partial charge in [-0.1, -0.05) is 44.1 Å². The van der Waals surface area contributed by atoms with Crippen LogP contribution in [0.3, 0.4) is 0 Å². The van der Waals surface area contributed by atoms with Crippen molar-refractivity contribution in [1.29, 1.82) is 0 Å². The quantitative estimate of drug-likeness (QED) is 0.523. The summed E-state index contributed by atoms with van der Waals surface area (Å²) >= 11 is 0. The van der Waals surface area contributed by atoms with E-state index in [2.05, 4.69) is 29.0 Å². The Morgan fingerprint density at radius 2 is 2.00 bits per heavy atom. The zero-order valence-electron chi connectivity index (χ0n) is 8.56. The Kier molecular flexibility index (Phi) is 5.33. The Labute approximate surface area is 85.4 Å². The Morgan fingerprint density at radius 3 is 2.71 bits per heavy atom. The van der Waals surface area contributed by atoms with Crippen molar-refractivity contribution in [3.8, 4) is 0 Å². The van der Waals surface area contributed by atoms with Crippen molar-refractivity contribution in [2.75, 3.05) is 0 Å². The molecule has 2 nitrogen and oxygen atoms in total. The highest BCUT2D eigenvalue weighted by atomic mass is 14.8. The van der Waals surface area contributed by atoms with Gasteiger partial charge in [-0.3, -0.25) is 0 Å². The van der Waals surface area contributed by atoms with Gasteiger partial charge in [0.15, 0.2) is 0 Å². The summed E-state index contributed by atoms with van der Waals surface area (Å²) in [5.74, 6) is 0. The van der Waals surface area contributed by atoms with Gasteiger partial charge >= 0.3 is 0 Å². The molecule has 0 saturated heterocycles. The van der Waals surface area contributed by atoms with E-state index in [9.17, 15) is 0 Å². The number of rotatable bonds is 5. The minimum atomic E-state index is 1.03. The Balaban J connectivity index is 2.31. The lowest BCUT2D eigenvalue weighted by molar-refractivity contribution is 0.815. The molecular weight excluding hydrogens is 172 g/mol. The van der Waals surface area contributed by atoms with E-state index in [0.29, 0.717) is 0 Å². The van der Waals surface area contributed by atoms with Gasteiger partial charge in [0.25, 0.3) is 0 Å². The van der Waals surface area contributed by atoms with E-state index in [1.165, 1.54) is 19.2 Å². The number of hydrogen-bond acceptors (Lipinski definition) is 2. The van der Waals surface area contributed by atoms with Gasteiger partial charge in [0.1, 0.15) is 6.33 Å². The summed E-state index contributed by atoms with van der Waals surface area (Å²) in [7, 11) is 0. The van der Waals surface area contributed by atoms with Crippen LogP contribution in [-0.2, 0) is 0 Å². The summed E-state index contributed by atoms with van der Waals surface area (Å²) in [6, 6.07) is 0. The van der Waals surface area contributed by atoms with Gasteiger partial charge in [-0.15, -0.1) is 0 Å². The van der Waals surface area contributed by atoms with E-state index in [4.69, 9.17) is 0 Å². The van der Waals surface area contributed by atoms with Gasteiger partial charge in [0, 0.05) is 18.0 Å². The van der Waals surface area contributed by atoms with Crippen molar-refractivity contribution >= 4 is 6.08 Å². The lowest BCUT2D eigenvalue weighted by atomic mass is 10.2. The lowest BCUT2D eigenvalue weighted by Gasteiger charge is -1.88. The SMILES string of the molecule is CCCC/C=C/C=C/c1cncnc1. The number of nitrogens with zero attached hydrogens (tertiary/aromatic N) is 2. The topological polar surface area (TPSA) is 25.8 Å². The monoisotopic (exact) mass is 188 g/mol. The molecule has 0 radical (unpaired) electrons. The van der Waals surface area contributed by atoms with Crippen LogP contribution in [0.2, 0.25) is 0 Å². The van der Waals surface area contributed by atoms with Crippen LogP contribution < -0.4 is 0 Å². The maximum Gasteiger partial charge on any atom is 0.115 e. The van der Waals surface area contributed by atoms with Crippen molar-refractivity contribution in [3.63, 3.8) is 0 Å². The van der Waals surface area contributed by atoms with E-state index in [0.717, 1.165) is 12.0 Å². The van der Waals surface area contributed by atoms with Crippen LogP contribution in [0.1, 0.15) is 31.7 Å². The first-order valence-corrected chi connectivity index (χ1v) is 5.01. The second-order valence-corrected chi connectivity index (χ2v) is 3.10. The first-order valence-electron chi connectivity index (χ1n) is 5.01. The summed E-state index contributed by atoms with van der Waals surface area (Å²) in [5.41, 5.74) is 1.03. The third kappa shape index (κ3) is 4.55. The largest absolute Gasteiger partial charge is 0.244 e. The van der Waals surface area contributed by atoms with Crippen LogP contribution in [0.25, 0.3) is 6.08 Å². The second-order valence-electron chi connectivity index (χ2n) is 3.10. The fraction of sp³-hybridized carbons (Fsp3) is 0.333. The van der Waals surface area contributed by atoms with Crippen LogP contribution in [0.5, 0.6) is 0 Å². The van der Waals surface area contributed by atoms with Crippen molar-refractivity contribution < 1.29 is 0 Å². The van der Waals surface area contributed by atoms with E-state index in [1.54, 1.807) is 12.4 Å². The summed E-state index contributed by atoms with van der Waals surface area (Å²) in [6.07, 6.45) is 17.1. The molecule has 0 unspecified atom stereocenters. The number of allylic oxidation sites excluding steroid dienone is 3. The molecule has 14 heavy (non-hydrogen) atoms. The minimum Gasteiger partial charge on any atom is -0.244 e. The van der Waals surface area contributed by atoms with Crippen LogP contribution in [-0.4, -0.2) is 9.97 Å². The standard InChI is InChI=1S/C12H16N2/c1-2-3-4-5-6-7-8-12-9-13-11-14-10-12/h5-11H,2-4H2,1H3/b6-5+,8-7+. The van der Waals surface area contributed by atoms with Crippen molar-refractivity contribution in [3.05, 3.63) is 42.5 Å². The van der Waals surface area contributed by atoms with E-state index in [1.807, 2.05) is 12.2 Å². The zero-order valence-corrected chi connectivity index (χ0v) is 8.56. The van der Waals surface area contributed by atoms with Crippen molar-refractivity contribution in [2.24, 2.45) is 0 Å². The number of unbranched alkanes of at least 4 members (excludes halogenated alkanes) is 2. The highest BCUT2D eigenvalue weighted by molar-refractivity contribution is 5.48. The molecule has 1 aromatic heterocycles. The van der Waals surface area contributed by atoms with E-state index < -0.39 is 0 Å². The summed E-state index contributed by atoms with van der Waals surface area (Å²) in [6.45, 7) is 2.20. The predicted octanol–water partition coefficient (Wildman–Crippen LogP) is 3.24. The highest BCUT2D eigenvalue weighted by Crippen LogP contribution is 1.98. The molecule has 0 atom stereocenters. The molecular formula is C12H16N2. The van der Waals surface area contributed by atoms with Gasteiger partial charge in [-0.25, -0.2) is 9.97 Å². The zero-order chi connectivity index (χ0) is 10.1. The molecule has 2 heteroatoms. The average Bonchev–Trinajstić information content (AvgIpc) is 2.25. The molecule has 0 aromatic carbocycles. The van der Waals surface area contributed by atoms with E-state index >= 15 is 0 Å². The molecule has 1 heterocycles. The Morgan fingerprint density at radius 1 is 1.21 bits per heavy atom. The minimum absolute atomic E-state index is 1.03. The molecule has 0 fully saturated rings. The van der Waals surface area contributed by atoms with Gasteiger partial charge in [0.05, 0.1) is 0 Å². The first kappa shape index (κ1) is 10.6. The molecule has 0 bridgehead atoms. The molecule has 0 aliphatic carbocycles. The van der Waals surface area contributed by atoms with E-state index in [-0.39, 0.29) is 0 Å². The summed E-state index contributed by atoms with van der Waals surface area (Å²) < 4.78 is 0. The fourth-order valence-electron chi connectivity index (χ4n) is 1.06. The van der Waals surface area contributed by atoms with Crippen molar-refractivity contribution in [2.45, 2.75) is 26.2 Å². The molecule has 74 valence electrons. The Bertz CT molecular complexity index is 288. The fourth-order valence-corrected chi connectivity index (χ4v) is 1.06. The molecule has 0 amide bonds. The van der Waals surface area contributed by atoms with Gasteiger partial charge in [-0.2, -0.15) is 0 Å². The molecule has 0 saturated carbocycles. The van der Waals surface area contributed by atoms with Crippen molar-refractivity contribution in [1.82, 2.24) is 9.97 Å². The first-order chi connectivity index (χ1) is 6.93. The second kappa shape index (κ2) is 7.01. The molecule has 0 N–H and O–H groups in total. The maximum absolute atomic E-state index is 3.93. The van der Waals surface area contributed by atoms with Gasteiger partial charge in [-0.05, 0) is 6.42 Å². The average molecular weight is 188 g/mol. The van der Waals surface area contributed by atoms with Crippen LogP contribution in [0.15, 0.2) is 36.9 Å². The number of hydrogen-bond donors (Lipinski definition) is 0. The smallest absolute Gasteiger partial charge is 0.115 e. The molecule has 0 spiro atoms. The Hall–Kier alpha value is -1.44. The van der Waals surface area contributed by atoms with Gasteiger partial charge < -0.3 is 0 Å². The molecule has 0 aliphatic heterocycles. The lowest BCUT2D eigenvalue weighted by Crippen LogP contribution is -1.77. The normalized spacial score (nSPS) is 11.5. The molecule has 1 rings (SSSR count). The molecule has 0 aliphatic rings.